The van der Waals surface area contributed by atoms with Crippen molar-refractivity contribution in [2.75, 3.05) is 23.3 Å². The fraction of sp³-hybridized carbons (Fsp3) is 0.429. The number of nitriles is 1. The Kier molecular flexibility index (Phi) is 5.75. The molecule has 0 bridgehead atoms. The summed E-state index contributed by atoms with van der Waals surface area (Å²) in [5.74, 6) is 0.817. The van der Waals surface area contributed by atoms with Gasteiger partial charge in [-0.3, -0.25) is 0 Å². The molecule has 5 nitrogen and oxygen atoms in total. The van der Waals surface area contributed by atoms with Crippen LogP contribution >= 0.6 is 0 Å². The summed E-state index contributed by atoms with van der Waals surface area (Å²) in [6.45, 7) is 6.03. The van der Waals surface area contributed by atoms with E-state index in [9.17, 15) is 5.26 Å². The molecule has 1 fully saturated rings. The number of hydrogen-bond donors (Lipinski definition) is 2. The Bertz CT molecular complexity index is 809. The van der Waals surface area contributed by atoms with E-state index in [-0.39, 0.29) is 6.04 Å². The lowest BCUT2D eigenvalue weighted by atomic mass is 10.1. The highest BCUT2D eigenvalue weighted by Crippen LogP contribution is 2.26. The van der Waals surface area contributed by atoms with E-state index in [2.05, 4.69) is 35.3 Å². The number of aryl methyl sites for hydroxylation is 2. The molecule has 2 heterocycles. The molecule has 1 aromatic carbocycles. The topological polar surface area (TPSA) is 78.0 Å². The molecule has 3 rings (SSSR count). The third-order valence-corrected chi connectivity index (χ3v) is 4.82. The van der Waals surface area contributed by atoms with Crippen LogP contribution in [-0.2, 0) is 6.42 Å². The van der Waals surface area contributed by atoms with Gasteiger partial charge in [-0.15, -0.1) is 0 Å². The number of nitrogens with zero attached hydrogens (tertiary/aromatic N) is 3. The predicted octanol–water partition coefficient (Wildman–Crippen LogP) is 3.89. The molecule has 1 aliphatic heterocycles. The highest BCUT2D eigenvalue weighted by molar-refractivity contribution is 5.64. The van der Waals surface area contributed by atoms with Crippen molar-refractivity contribution in [2.45, 2.75) is 45.6 Å². The van der Waals surface area contributed by atoms with Gasteiger partial charge in [0.05, 0.1) is 11.6 Å². The largest absolute Gasteiger partial charge is 0.370 e. The monoisotopic (exact) mass is 349 g/mol. The van der Waals surface area contributed by atoms with E-state index in [4.69, 9.17) is 10.7 Å². The van der Waals surface area contributed by atoms with Gasteiger partial charge in [0.15, 0.2) is 0 Å². The van der Waals surface area contributed by atoms with Crippen molar-refractivity contribution in [1.82, 2.24) is 4.98 Å². The van der Waals surface area contributed by atoms with Crippen molar-refractivity contribution in [2.24, 2.45) is 5.73 Å². The molecular formula is C21H27N5. The maximum atomic E-state index is 9.25. The van der Waals surface area contributed by atoms with Crippen molar-refractivity contribution >= 4 is 17.2 Å². The third kappa shape index (κ3) is 4.33. The molecule has 0 radical (unpaired) electrons. The average molecular weight is 349 g/mol. The Balaban J connectivity index is 1.89. The van der Waals surface area contributed by atoms with E-state index in [1.165, 1.54) is 5.69 Å². The highest BCUT2D eigenvalue weighted by atomic mass is 15.2. The van der Waals surface area contributed by atoms with Gasteiger partial charge in [-0.1, -0.05) is 19.4 Å². The highest BCUT2D eigenvalue weighted by Gasteiger charge is 2.18. The van der Waals surface area contributed by atoms with Crippen molar-refractivity contribution in [3.05, 3.63) is 47.2 Å². The quantitative estimate of drug-likeness (QED) is 0.856. The summed E-state index contributed by atoms with van der Waals surface area (Å²) in [5.41, 5.74) is 11.0. The lowest BCUT2D eigenvalue weighted by Crippen LogP contribution is -2.42. The van der Waals surface area contributed by atoms with Crippen LogP contribution in [0.2, 0.25) is 0 Å². The van der Waals surface area contributed by atoms with E-state index in [0.29, 0.717) is 5.56 Å². The molecule has 1 aromatic heterocycles. The summed E-state index contributed by atoms with van der Waals surface area (Å²) in [5, 5.41) is 12.6. The summed E-state index contributed by atoms with van der Waals surface area (Å²) in [6, 6.07) is 12.6. The zero-order valence-corrected chi connectivity index (χ0v) is 15.6. The summed E-state index contributed by atoms with van der Waals surface area (Å²) in [4.78, 5) is 7.12. The van der Waals surface area contributed by atoms with Gasteiger partial charge in [0.2, 0.25) is 0 Å². The first kappa shape index (κ1) is 18.2. The molecule has 0 amide bonds. The molecule has 0 unspecified atom stereocenters. The Hall–Kier alpha value is -2.58. The summed E-state index contributed by atoms with van der Waals surface area (Å²) in [6.07, 6.45) is 4.21. The van der Waals surface area contributed by atoms with Gasteiger partial charge in [0, 0.05) is 42.3 Å². The van der Waals surface area contributed by atoms with Crippen molar-refractivity contribution in [3.63, 3.8) is 0 Å². The van der Waals surface area contributed by atoms with Crippen LogP contribution < -0.4 is 16.0 Å². The lowest BCUT2D eigenvalue weighted by Gasteiger charge is -2.33. The van der Waals surface area contributed by atoms with Crippen LogP contribution in [0.3, 0.4) is 0 Å². The maximum absolute atomic E-state index is 9.25. The average Bonchev–Trinajstić information content (AvgIpc) is 2.63. The van der Waals surface area contributed by atoms with Gasteiger partial charge in [0.1, 0.15) is 5.82 Å². The molecule has 0 saturated carbocycles. The number of nitrogens with one attached hydrogen (secondary N) is 1. The number of anilines is 3. The molecule has 1 atom stereocenters. The standard InChI is InChI=1S/C21H27N5/c1-3-5-18-11-20(26-9-4-6-17(23)14-26)12-21(24-18)25-19-8-7-15(2)16(10-19)13-22/h7-8,10-12,17H,3-6,9,14,23H2,1-2H3,(H,24,25)/t17-/m1/s1. The van der Waals surface area contributed by atoms with Crippen LogP contribution in [0.25, 0.3) is 0 Å². The molecule has 2 aromatic rings. The molecule has 26 heavy (non-hydrogen) atoms. The Morgan fingerprint density at radius 2 is 2.19 bits per heavy atom. The van der Waals surface area contributed by atoms with Gasteiger partial charge in [-0.25, -0.2) is 4.98 Å². The van der Waals surface area contributed by atoms with E-state index >= 15 is 0 Å². The van der Waals surface area contributed by atoms with Crippen LogP contribution in [-0.4, -0.2) is 24.1 Å². The van der Waals surface area contributed by atoms with Crippen molar-refractivity contribution < 1.29 is 0 Å². The number of rotatable bonds is 5. The van der Waals surface area contributed by atoms with Gasteiger partial charge < -0.3 is 16.0 Å². The van der Waals surface area contributed by atoms with Gasteiger partial charge >= 0.3 is 0 Å². The van der Waals surface area contributed by atoms with Crippen LogP contribution in [0.5, 0.6) is 0 Å². The molecule has 5 heteroatoms. The fourth-order valence-corrected chi connectivity index (χ4v) is 3.42. The van der Waals surface area contributed by atoms with Crippen molar-refractivity contribution in [3.8, 4) is 6.07 Å². The molecule has 0 spiro atoms. The van der Waals surface area contributed by atoms with E-state index in [1.807, 2.05) is 25.1 Å². The second kappa shape index (κ2) is 8.20. The van der Waals surface area contributed by atoms with Crippen molar-refractivity contribution in [1.29, 1.82) is 5.26 Å². The minimum Gasteiger partial charge on any atom is -0.370 e. The smallest absolute Gasteiger partial charge is 0.132 e. The van der Waals surface area contributed by atoms with Crippen LogP contribution in [0.4, 0.5) is 17.2 Å². The molecular weight excluding hydrogens is 322 g/mol. The second-order valence-corrected chi connectivity index (χ2v) is 7.07. The summed E-state index contributed by atoms with van der Waals surface area (Å²) in [7, 11) is 0. The SMILES string of the molecule is CCCc1cc(N2CCC[C@@H](N)C2)cc(Nc2ccc(C)c(C#N)c2)n1. The molecule has 1 saturated heterocycles. The molecule has 136 valence electrons. The number of hydrogen-bond acceptors (Lipinski definition) is 5. The number of aromatic nitrogens is 1. The number of benzene rings is 1. The lowest BCUT2D eigenvalue weighted by molar-refractivity contribution is 0.506. The first-order valence-corrected chi connectivity index (χ1v) is 9.38. The zero-order chi connectivity index (χ0) is 18.5. The fourth-order valence-electron chi connectivity index (χ4n) is 3.42. The molecule has 0 aliphatic carbocycles. The number of nitrogens with two attached hydrogens (primary N) is 1. The van der Waals surface area contributed by atoms with Crippen LogP contribution in [0, 0.1) is 18.3 Å². The minimum atomic E-state index is 0.234. The Labute approximate surface area is 155 Å². The zero-order valence-electron chi connectivity index (χ0n) is 15.6. The number of pyridine rings is 1. The number of piperidine rings is 1. The minimum absolute atomic E-state index is 0.234. The first-order chi connectivity index (χ1) is 12.6. The molecule has 1 aliphatic rings. The predicted molar refractivity (Wildman–Crippen MR) is 107 cm³/mol. The van der Waals surface area contributed by atoms with E-state index in [1.54, 1.807) is 0 Å². The van der Waals surface area contributed by atoms with Crippen LogP contribution in [0.15, 0.2) is 30.3 Å². The Morgan fingerprint density at radius 1 is 1.35 bits per heavy atom. The third-order valence-electron chi connectivity index (χ3n) is 4.82. The van der Waals surface area contributed by atoms with E-state index < -0.39 is 0 Å². The normalized spacial score (nSPS) is 17.0. The van der Waals surface area contributed by atoms with Gasteiger partial charge in [0.25, 0.3) is 0 Å². The maximum Gasteiger partial charge on any atom is 0.132 e. The van der Waals surface area contributed by atoms with Crippen LogP contribution in [0.1, 0.15) is 43.0 Å². The molecule has 3 N–H and O–H groups in total. The Morgan fingerprint density at radius 3 is 2.92 bits per heavy atom. The second-order valence-electron chi connectivity index (χ2n) is 7.07. The first-order valence-electron chi connectivity index (χ1n) is 9.38. The summed E-state index contributed by atoms with van der Waals surface area (Å²) >= 11 is 0. The van der Waals surface area contributed by atoms with Gasteiger partial charge in [-0.05, 0) is 49.9 Å². The summed E-state index contributed by atoms with van der Waals surface area (Å²) < 4.78 is 0. The van der Waals surface area contributed by atoms with Gasteiger partial charge in [-0.2, -0.15) is 5.26 Å². The van der Waals surface area contributed by atoms with E-state index in [0.717, 1.165) is 61.5 Å².